The molecule has 0 saturated carbocycles. The maximum absolute atomic E-state index is 13.3. The van der Waals surface area contributed by atoms with Gasteiger partial charge in [-0.3, -0.25) is 14.4 Å². The van der Waals surface area contributed by atoms with Crippen LogP contribution in [-0.4, -0.2) is 58.5 Å². The van der Waals surface area contributed by atoms with Crippen LogP contribution in [0.3, 0.4) is 0 Å². The van der Waals surface area contributed by atoms with Gasteiger partial charge in [-0.2, -0.15) is 13.2 Å². The van der Waals surface area contributed by atoms with Crippen molar-refractivity contribution in [3.05, 3.63) is 77.2 Å². The average molecular weight is 541 g/mol. The van der Waals surface area contributed by atoms with Crippen LogP contribution in [0.1, 0.15) is 49.6 Å². The first kappa shape index (κ1) is 25.9. The molecule has 2 N–H and O–H groups in total. The number of ether oxygens (including phenoxy) is 2. The number of piperidine rings is 1. The molecule has 10 nitrogen and oxygen atoms in total. The summed E-state index contributed by atoms with van der Waals surface area (Å²) in [6, 6.07) is 8.95. The number of rotatable bonds is 5. The van der Waals surface area contributed by atoms with Gasteiger partial charge in [-0.25, -0.2) is 9.97 Å². The fourth-order valence-electron chi connectivity index (χ4n) is 4.38. The number of aromatic nitrogens is 2. The minimum Gasteiger partial charge on any atom is -0.454 e. The molecule has 13 heteroatoms. The van der Waals surface area contributed by atoms with Crippen LogP contribution < -0.4 is 20.1 Å². The molecule has 0 bridgehead atoms. The van der Waals surface area contributed by atoms with Gasteiger partial charge < -0.3 is 25.0 Å². The highest BCUT2D eigenvalue weighted by atomic mass is 19.4. The number of carbonyl (C=O) groups excluding carboxylic acids is 3. The van der Waals surface area contributed by atoms with Crippen LogP contribution in [0.4, 0.5) is 19.0 Å². The number of hydrogen-bond acceptors (Lipinski definition) is 7. The molecule has 2 aromatic carbocycles. The Balaban J connectivity index is 1.21. The second kappa shape index (κ2) is 10.6. The van der Waals surface area contributed by atoms with E-state index in [9.17, 15) is 27.6 Å². The number of likely N-dealkylation sites (tertiary alicyclic amines) is 1. The third-order valence-corrected chi connectivity index (χ3v) is 6.36. The maximum Gasteiger partial charge on any atom is 0.417 e. The van der Waals surface area contributed by atoms with Crippen molar-refractivity contribution in [1.82, 2.24) is 20.2 Å². The fraction of sp³-hybridized carbons (Fsp3) is 0.269. The Morgan fingerprint density at radius 3 is 2.41 bits per heavy atom. The number of alkyl halides is 3. The molecule has 0 radical (unpaired) electrons. The molecule has 1 fully saturated rings. The van der Waals surface area contributed by atoms with E-state index < -0.39 is 35.0 Å². The van der Waals surface area contributed by atoms with E-state index in [2.05, 4.69) is 20.6 Å². The first-order valence-corrected chi connectivity index (χ1v) is 12.0. The van der Waals surface area contributed by atoms with Gasteiger partial charge in [0.2, 0.25) is 6.79 Å². The van der Waals surface area contributed by atoms with E-state index in [1.807, 2.05) is 0 Å². The number of nitrogens with one attached hydrogen (secondary N) is 2. The first-order chi connectivity index (χ1) is 18.7. The summed E-state index contributed by atoms with van der Waals surface area (Å²) in [6.07, 6.45) is -1.36. The number of hydrogen-bond donors (Lipinski definition) is 2. The number of anilines is 1. The van der Waals surface area contributed by atoms with E-state index in [0.29, 0.717) is 24.3 Å². The lowest BCUT2D eigenvalue weighted by Crippen LogP contribution is -2.47. The average Bonchev–Trinajstić information content (AvgIpc) is 3.41. The number of fused-ring (bicyclic) bond motifs is 1. The Kier molecular flexibility index (Phi) is 7.05. The quantitative estimate of drug-likeness (QED) is 0.507. The van der Waals surface area contributed by atoms with Gasteiger partial charge in [0.25, 0.3) is 17.7 Å². The molecule has 0 atom stereocenters. The molecule has 2 aliphatic rings. The van der Waals surface area contributed by atoms with Crippen molar-refractivity contribution >= 4 is 23.5 Å². The Morgan fingerprint density at radius 2 is 1.64 bits per heavy atom. The highest BCUT2D eigenvalue weighted by Gasteiger charge is 2.36. The van der Waals surface area contributed by atoms with E-state index in [1.165, 1.54) is 35.5 Å². The van der Waals surface area contributed by atoms with Crippen LogP contribution in [0.2, 0.25) is 0 Å². The summed E-state index contributed by atoms with van der Waals surface area (Å²) < 4.78 is 50.5. The normalized spacial score (nSPS) is 15.1. The number of carbonyl (C=O) groups is 3. The zero-order valence-corrected chi connectivity index (χ0v) is 20.3. The summed E-state index contributed by atoms with van der Waals surface area (Å²) in [6.45, 7) is 0.372. The van der Waals surface area contributed by atoms with Gasteiger partial charge in [-0.15, -0.1) is 0 Å². The third-order valence-electron chi connectivity index (χ3n) is 6.36. The van der Waals surface area contributed by atoms with Gasteiger partial charge in [-0.05, 0) is 43.2 Å². The molecule has 0 unspecified atom stereocenters. The standard InChI is InChI=1S/C26H22F3N5O5/c27-26(28,29)18-4-2-1-3-17(18)25(37)34-11-7-16(8-12-34)32-24(36)21-22(31-10-9-30-21)33-23(35)15-5-6-19-20(13-15)39-14-38-19/h1-6,9-10,13,16H,7-8,11-12,14H2,(H,32,36)(H,31,33,35). The van der Waals surface area contributed by atoms with Crippen LogP contribution in [0.5, 0.6) is 11.5 Å². The van der Waals surface area contributed by atoms with Crippen LogP contribution in [-0.2, 0) is 6.18 Å². The molecule has 1 aromatic heterocycles. The third kappa shape index (κ3) is 5.61. The van der Waals surface area contributed by atoms with Crippen molar-refractivity contribution in [2.75, 3.05) is 25.2 Å². The first-order valence-electron chi connectivity index (χ1n) is 12.0. The summed E-state index contributed by atoms with van der Waals surface area (Å²) >= 11 is 0. The predicted octanol–water partition coefficient (Wildman–Crippen LogP) is 3.51. The Hall–Kier alpha value is -4.68. The van der Waals surface area contributed by atoms with Crippen molar-refractivity contribution in [3.8, 4) is 11.5 Å². The van der Waals surface area contributed by atoms with Crippen molar-refractivity contribution < 1.29 is 37.0 Å². The molecular weight excluding hydrogens is 519 g/mol. The van der Waals surface area contributed by atoms with Gasteiger partial charge in [0.15, 0.2) is 23.0 Å². The van der Waals surface area contributed by atoms with E-state index >= 15 is 0 Å². The molecule has 2 aliphatic heterocycles. The Morgan fingerprint density at radius 1 is 0.923 bits per heavy atom. The number of benzene rings is 2. The summed E-state index contributed by atoms with van der Waals surface area (Å²) in [5.74, 6) is -0.941. The zero-order valence-electron chi connectivity index (χ0n) is 20.3. The highest BCUT2D eigenvalue weighted by Crippen LogP contribution is 2.33. The van der Waals surface area contributed by atoms with Crippen LogP contribution in [0, 0.1) is 0 Å². The topological polar surface area (TPSA) is 123 Å². The summed E-state index contributed by atoms with van der Waals surface area (Å²) in [5, 5.41) is 5.39. The van der Waals surface area contributed by atoms with Crippen molar-refractivity contribution in [2.45, 2.75) is 25.1 Å². The number of halogens is 3. The molecule has 0 aliphatic carbocycles. The lowest BCUT2D eigenvalue weighted by molar-refractivity contribution is -0.138. The highest BCUT2D eigenvalue weighted by molar-refractivity contribution is 6.07. The van der Waals surface area contributed by atoms with E-state index in [1.54, 1.807) is 12.1 Å². The summed E-state index contributed by atoms with van der Waals surface area (Å²) in [4.78, 5) is 48.0. The van der Waals surface area contributed by atoms with Crippen molar-refractivity contribution in [3.63, 3.8) is 0 Å². The smallest absolute Gasteiger partial charge is 0.417 e. The molecule has 3 heterocycles. The molecule has 5 rings (SSSR count). The second-order valence-corrected chi connectivity index (χ2v) is 8.86. The van der Waals surface area contributed by atoms with E-state index in [0.717, 1.165) is 12.1 Å². The van der Waals surface area contributed by atoms with Gasteiger partial charge in [0.1, 0.15) is 0 Å². The predicted molar refractivity (Wildman–Crippen MR) is 130 cm³/mol. The van der Waals surface area contributed by atoms with Crippen LogP contribution in [0.15, 0.2) is 54.9 Å². The zero-order chi connectivity index (χ0) is 27.6. The Bertz CT molecular complexity index is 1420. The van der Waals surface area contributed by atoms with E-state index in [4.69, 9.17) is 9.47 Å². The van der Waals surface area contributed by atoms with Crippen molar-refractivity contribution in [2.24, 2.45) is 0 Å². The Labute approximate surface area is 220 Å². The number of amides is 3. The van der Waals surface area contributed by atoms with Gasteiger partial charge >= 0.3 is 6.18 Å². The van der Waals surface area contributed by atoms with Gasteiger partial charge in [0.05, 0.1) is 11.1 Å². The van der Waals surface area contributed by atoms with Gasteiger partial charge in [0, 0.05) is 37.1 Å². The van der Waals surface area contributed by atoms with E-state index in [-0.39, 0.29) is 43.0 Å². The lowest BCUT2D eigenvalue weighted by Gasteiger charge is -2.33. The monoisotopic (exact) mass is 541 g/mol. The van der Waals surface area contributed by atoms with Crippen LogP contribution in [0.25, 0.3) is 0 Å². The molecule has 3 aromatic rings. The summed E-state index contributed by atoms with van der Waals surface area (Å²) in [5.41, 5.74) is -1.23. The number of nitrogens with zero attached hydrogens (tertiary/aromatic N) is 3. The molecule has 3 amide bonds. The lowest BCUT2D eigenvalue weighted by atomic mass is 10.0. The molecule has 202 valence electrons. The second-order valence-electron chi connectivity index (χ2n) is 8.86. The van der Waals surface area contributed by atoms with Crippen LogP contribution >= 0.6 is 0 Å². The minimum absolute atomic E-state index is 0.0472. The van der Waals surface area contributed by atoms with Crippen molar-refractivity contribution in [1.29, 1.82) is 0 Å². The SMILES string of the molecule is O=C(Nc1nccnc1C(=O)NC1CCN(C(=O)c2ccccc2C(F)(F)F)CC1)c1ccc2c(c1)OCO2. The molecular formula is C26H22F3N5O5. The van der Waals surface area contributed by atoms with Gasteiger partial charge in [-0.1, -0.05) is 12.1 Å². The molecule has 1 saturated heterocycles. The maximum atomic E-state index is 13.3. The minimum atomic E-state index is -4.65. The molecule has 0 spiro atoms. The molecule has 39 heavy (non-hydrogen) atoms. The summed E-state index contributed by atoms with van der Waals surface area (Å²) in [7, 11) is 0. The largest absolute Gasteiger partial charge is 0.454 e. The fourth-order valence-corrected chi connectivity index (χ4v) is 4.38.